The molecule has 0 spiro atoms. The summed E-state index contributed by atoms with van der Waals surface area (Å²) in [7, 11) is 0. The minimum absolute atomic E-state index is 0.00357. The Bertz CT molecular complexity index is 731. The predicted molar refractivity (Wildman–Crippen MR) is 97.8 cm³/mol. The quantitative estimate of drug-likeness (QED) is 0.725. The number of carbonyl (C=O) groups is 1. The Hall–Kier alpha value is -1.86. The average molecular weight is 373 g/mol. The molecule has 2 aromatic rings. The lowest BCUT2D eigenvalue weighted by molar-refractivity contribution is -0.128. The molecule has 1 unspecified atom stereocenters. The molecule has 0 saturated carbocycles. The average Bonchev–Trinajstić information content (AvgIpc) is 3.29. The molecule has 0 bridgehead atoms. The van der Waals surface area contributed by atoms with Crippen LogP contribution in [0.15, 0.2) is 40.0 Å². The van der Waals surface area contributed by atoms with E-state index in [1.165, 1.54) is 0 Å². The van der Waals surface area contributed by atoms with E-state index in [9.17, 15) is 4.79 Å². The van der Waals surface area contributed by atoms with Gasteiger partial charge in [0.1, 0.15) is 0 Å². The van der Waals surface area contributed by atoms with Crippen molar-refractivity contribution in [3.63, 3.8) is 0 Å². The van der Waals surface area contributed by atoms with Crippen LogP contribution < -0.4 is 0 Å². The minimum atomic E-state index is -0.00357. The molecule has 2 aliphatic rings. The van der Waals surface area contributed by atoms with Crippen LogP contribution in [0.2, 0.25) is 0 Å². The van der Waals surface area contributed by atoms with Crippen LogP contribution in [0.1, 0.15) is 36.6 Å². The second kappa shape index (κ2) is 8.22. The van der Waals surface area contributed by atoms with E-state index in [4.69, 9.17) is 9.15 Å². The first-order valence-electron chi connectivity index (χ1n) is 9.13. The number of hydrogen-bond donors (Lipinski definition) is 0. The highest BCUT2D eigenvalue weighted by Gasteiger charge is 2.34. The Kier molecular flexibility index (Phi) is 5.55. The van der Waals surface area contributed by atoms with Crippen LogP contribution in [0.4, 0.5) is 0 Å². The third-order valence-electron chi connectivity index (χ3n) is 4.99. The summed E-state index contributed by atoms with van der Waals surface area (Å²) in [4.78, 5) is 14.2. The van der Waals surface area contributed by atoms with Gasteiger partial charge in [-0.05, 0) is 24.3 Å². The Morgan fingerprint density at radius 3 is 2.77 bits per heavy atom. The van der Waals surface area contributed by atoms with Crippen LogP contribution in [0.3, 0.4) is 0 Å². The zero-order valence-corrected chi connectivity index (χ0v) is 15.5. The third-order valence-corrected chi connectivity index (χ3v) is 6.04. The number of aromatic nitrogens is 2. The van der Waals surface area contributed by atoms with Gasteiger partial charge in [0.2, 0.25) is 11.8 Å². The van der Waals surface area contributed by atoms with Crippen LogP contribution >= 0.6 is 11.8 Å². The van der Waals surface area contributed by atoms with Gasteiger partial charge in [-0.3, -0.25) is 4.79 Å². The molecule has 1 atom stereocenters. The first-order valence-corrected chi connectivity index (χ1v) is 10.1. The largest absolute Gasteiger partial charge is 0.416 e. The number of likely N-dealkylation sites (tertiary alicyclic amines) is 1. The van der Waals surface area contributed by atoms with Gasteiger partial charge in [0.05, 0.1) is 5.92 Å². The Morgan fingerprint density at radius 1 is 1.15 bits per heavy atom. The van der Waals surface area contributed by atoms with Crippen LogP contribution in [0.5, 0.6) is 0 Å². The molecule has 2 fully saturated rings. The number of thioether (sulfide) groups is 1. The number of hydrogen-bond acceptors (Lipinski definition) is 6. The van der Waals surface area contributed by atoms with Crippen molar-refractivity contribution in [3.8, 4) is 0 Å². The van der Waals surface area contributed by atoms with Crippen LogP contribution in [-0.2, 0) is 16.1 Å². The molecule has 0 aliphatic carbocycles. The van der Waals surface area contributed by atoms with Gasteiger partial charge < -0.3 is 14.1 Å². The van der Waals surface area contributed by atoms with Crippen molar-refractivity contribution >= 4 is 17.7 Å². The number of ether oxygens (including phenoxy) is 1. The molecule has 1 aromatic carbocycles. The van der Waals surface area contributed by atoms with E-state index in [0.717, 1.165) is 37.4 Å². The Labute approximate surface area is 157 Å². The summed E-state index contributed by atoms with van der Waals surface area (Å²) in [5, 5.41) is 8.97. The lowest BCUT2D eigenvalue weighted by Crippen LogP contribution is -2.24. The molecular formula is C19H23N3O3S. The molecule has 6 nitrogen and oxygen atoms in total. The van der Waals surface area contributed by atoms with Gasteiger partial charge in [-0.2, -0.15) is 0 Å². The summed E-state index contributed by atoms with van der Waals surface area (Å²) < 4.78 is 11.2. The maximum absolute atomic E-state index is 12.3. The van der Waals surface area contributed by atoms with Crippen molar-refractivity contribution in [2.45, 2.75) is 36.9 Å². The van der Waals surface area contributed by atoms with Gasteiger partial charge in [-0.1, -0.05) is 42.1 Å². The van der Waals surface area contributed by atoms with Crippen molar-refractivity contribution in [2.24, 2.45) is 5.92 Å². The molecule has 0 radical (unpaired) electrons. The maximum Gasteiger partial charge on any atom is 0.276 e. The summed E-state index contributed by atoms with van der Waals surface area (Å²) in [6.07, 6.45) is 2.64. The normalized spacial score (nSPS) is 21.5. The van der Waals surface area contributed by atoms with Crippen molar-refractivity contribution < 1.29 is 13.9 Å². The first-order chi connectivity index (χ1) is 12.8. The second-order valence-corrected chi connectivity index (χ2v) is 7.91. The van der Waals surface area contributed by atoms with E-state index in [1.54, 1.807) is 11.8 Å². The van der Waals surface area contributed by atoms with E-state index in [2.05, 4.69) is 10.2 Å². The lowest BCUT2D eigenvalue weighted by atomic mass is 10.0. The SMILES string of the molecule is O=C1CC(c2nnc(SCC3CCOCC3)o2)CN1Cc1ccccc1. The molecule has 4 rings (SSSR count). The van der Waals surface area contributed by atoms with E-state index in [-0.39, 0.29) is 11.8 Å². The number of amides is 1. The summed E-state index contributed by atoms with van der Waals surface area (Å²) in [6, 6.07) is 10.0. The van der Waals surface area contributed by atoms with Gasteiger partial charge in [-0.25, -0.2) is 0 Å². The van der Waals surface area contributed by atoms with Gasteiger partial charge in [0.15, 0.2) is 0 Å². The monoisotopic (exact) mass is 373 g/mol. The van der Waals surface area contributed by atoms with Crippen LogP contribution in [-0.4, -0.2) is 46.5 Å². The van der Waals surface area contributed by atoms with Crippen LogP contribution in [0, 0.1) is 5.92 Å². The smallest absolute Gasteiger partial charge is 0.276 e. The molecule has 3 heterocycles. The van der Waals surface area contributed by atoms with E-state index in [0.29, 0.717) is 36.5 Å². The summed E-state index contributed by atoms with van der Waals surface area (Å²) in [6.45, 7) is 2.97. The number of nitrogens with zero attached hydrogens (tertiary/aromatic N) is 3. The number of carbonyl (C=O) groups excluding carboxylic acids is 1. The van der Waals surface area contributed by atoms with Gasteiger partial charge in [0.25, 0.3) is 5.22 Å². The standard InChI is InChI=1S/C19H23N3O3S/c23-17-10-16(12-22(17)11-14-4-2-1-3-5-14)18-20-21-19(25-18)26-13-15-6-8-24-9-7-15/h1-5,15-16H,6-13H2. The zero-order valence-electron chi connectivity index (χ0n) is 14.7. The fourth-order valence-electron chi connectivity index (χ4n) is 3.44. The fraction of sp³-hybridized carbons (Fsp3) is 0.526. The Morgan fingerprint density at radius 2 is 1.96 bits per heavy atom. The summed E-state index contributed by atoms with van der Waals surface area (Å²) in [5.41, 5.74) is 1.14. The fourth-order valence-corrected chi connectivity index (χ4v) is 4.39. The molecule has 26 heavy (non-hydrogen) atoms. The second-order valence-electron chi connectivity index (χ2n) is 6.93. The molecule has 0 N–H and O–H groups in total. The molecule has 138 valence electrons. The molecule has 1 aromatic heterocycles. The lowest BCUT2D eigenvalue weighted by Gasteiger charge is -2.20. The first kappa shape index (κ1) is 17.5. The topological polar surface area (TPSA) is 68.5 Å². The zero-order chi connectivity index (χ0) is 17.8. The van der Waals surface area contributed by atoms with Crippen molar-refractivity contribution in [1.82, 2.24) is 15.1 Å². The van der Waals surface area contributed by atoms with E-state index < -0.39 is 0 Å². The molecular weight excluding hydrogens is 350 g/mol. The van der Waals surface area contributed by atoms with Gasteiger partial charge in [0, 0.05) is 38.5 Å². The maximum atomic E-state index is 12.3. The highest BCUT2D eigenvalue weighted by Crippen LogP contribution is 2.31. The molecule has 7 heteroatoms. The summed E-state index contributed by atoms with van der Waals surface area (Å²) >= 11 is 1.62. The van der Waals surface area contributed by atoms with E-state index >= 15 is 0 Å². The third kappa shape index (κ3) is 4.27. The highest BCUT2D eigenvalue weighted by molar-refractivity contribution is 7.99. The van der Waals surface area contributed by atoms with E-state index in [1.807, 2.05) is 35.2 Å². The molecule has 2 saturated heterocycles. The van der Waals surface area contributed by atoms with Crippen molar-refractivity contribution in [1.29, 1.82) is 0 Å². The van der Waals surface area contributed by atoms with Crippen molar-refractivity contribution in [3.05, 3.63) is 41.8 Å². The van der Waals surface area contributed by atoms with Crippen molar-refractivity contribution in [2.75, 3.05) is 25.5 Å². The summed E-state index contributed by atoms with van der Waals surface area (Å²) in [5.74, 6) is 2.36. The Balaban J connectivity index is 1.32. The highest BCUT2D eigenvalue weighted by atomic mass is 32.2. The van der Waals surface area contributed by atoms with Crippen LogP contribution in [0.25, 0.3) is 0 Å². The number of benzene rings is 1. The molecule has 2 aliphatic heterocycles. The van der Waals surface area contributed by atoms with Gasteiger partial charge >= 0.3 is 0 Å². The molecule has 1 amide bonds. The van der Waals surface area contributed by atoms with Gasteiger partial charge in [-0.15, -0.1) is 10.2 Å². The number of rotatable bonds is 6. The minimum Gasteiger partial charge on any atom is -0.416 e. The predicted octanol–water partition coefficient (Wildman–Crippen LogP) is 3.10.